The van der Waals surface area contributed by atoms with Gasteiger partial charge in [-0.05, 0) is 30.0 Å². The molecular formula is C17H20F3NO4. The van der Waals surface area contributed by atoms with Crippen LogP contribution in [0.5, 0.6) is 5.75 Å². The summed E-state index contributed by atoms with van der Waals surface area (Å²) in [6.07, 6.45) is -0.647. The fourth-order valence-electron chi connectivity index (χ4n) is 2.71. The molecule has 1 aromatic rings. The zero-order chi connectivity index (χ0) is 18.4. The quantitative estimate of drug-likeness (QED) is 0.740. The number of carbonyl (C=O) groups is 2. The van der Waals surface area contributed by atoms with E-state index in [-0.39, 0.29) is 12.3 Å². The zero-order valence-electron chi connectivity index (χ0n) is 13.5. The van der Waals surface area contributed by atoms with Crippen LogP contribution in [0, 0.1) is 5.92 Å². The predicted octanol–water partition coefficient (Wildman–Crippen LogP) is 3.80. The number of ether oxygens (including phenoxy) is 1. The molecule has 0 spiro atoms. The average Bonchev–Trinajstić information content (AvgIpc) is 2.43. The standard InChI is InChI=1S/C17H20F3NO4/c18-17(19,20)25-13-7-5-12(6-8-13)14(10-16(23)24)21-15(22)9-4-11-2-1-3-11/h5-8,11,14H,1-4,9-10H2,(H,21,22)(H,23,24). The largest absolute Gasteiger partial charge is 0.573 e. The van der Waals surface area contributed by atoms with Gasteiger partial charge in [0, 0.05) is 6.42 Å². The molecule has 0 saturated heterocycles. The number of rotatable bonds is 8. The molecule has 5 nitrogen and oxygen atoms in total. The molecule has 0 heterocycles. The molecule has 0 aromatic heterocycles. The van der Waals surface area contributed by atoms with Crippen molar-refractivity contribution in [2.75, 3.05) is 0 Å². The molecule has 0 radical (unpaired) electrons. The molecule has 1 aliphatic carbocycles. The maximum absolute atomic E-state index is 12.2. The van der Waals surface area contributed by atoms with Crippen LogP contribution in [0.3, 0.4) is 0 Å². The third-order valence-corrected chi connectivity index (χ3v) is 4.23. The van der Waals surface area contributed by atoms with Gasteiger partial charge in [-0.15, -0.1) is 13.2 Å². The Hall–Kier alpha value is -2.25. The highest BCUT2D eigenvalue weighted by molar-refractivity contribution is 5.77. The lowest BCUT2D eigenvalue weighted by Crippen LogP contribution is -2.30. The van der Waals surface area contributed by atoms with E-state index in [9.17, 15) is 22.8 Å². The lowest BCUT2D eigenvalue weighted by Gasteiger charge is -2.25. The van der Waals surface area contributed by atoms with Crippen molar-refractivity contribution in [3.05, 3.63) is 29.8 Å². The van der Waals surface area contributed by atoms with Gasteiger partial charge in [0.05, 0.1) is 12.5 Å². The van der Waals surface area contributed by atoms with E-state index in [1.807, 2.05) is 0 Å². The molecule has 0 aliphatic heterocycles. The lowest BCUT2D eigenvalue weighted by molar-refractivity contribution is -0.274. The van der Waals surface area contributed by atoms with E-state index in [4.69, 9.17) is 5.11 Å². The number of carbonyl (C=O) groups excluding carboxylic acids is 1. The third-order valence-electron chi connectivity index (χ3n) is 4.23. The highest BCUT2D eigenvalue weighted by Crippen LogP contribution is 2.30. The van der Waals surface area contributed by atoms with E-state index >= 15 is 0 Å². The van der Waals surface area contributed by atoms with Crippen molar-refractivity contribution < 1.29 is 32.6 Å². The molecule has 2 rings (SSSR count). The van der Waals surface area contributed by atoms with Gasteiger partial charge in [0.2, 0.25) is 5.91 Å². The fourth-order valence-corrected chi connectivity index (χ4v) is 2.71. The molecule has 1 amide bonds. The Morgan fingerprint density at radius 1 is 1.24 bits per heavy atom. The Morgan fingerprint density at radius 2 is 1.88 bits per heavy atom. The van der Waals surface area contributed by atoms with Crippen LogP contribution >= 0.6 is 0 Å². The van der Waals surface area contributed by atoms with Crippen molar-refractivity contribution in [3.63, 3.8) is 0 Å². The highest BCUT2D eigenvalue weighted by Gasteiger charge is 2.31. The van der Waals surface area contributed by atoms with Crippen LogP contribution in [0.15, 0.2) is 24.3 Å². The number of carboxylic acids is 1. The number of benzene rings is 1. The monoisotopic (exact) mass is 359 g/mol. The summed E-state index contributed by atoms with van der Waals surface area (Å²) >= 11 is 0. The molecule has 1 saturated carbocycles. The number of nitrogens with one attached hydrogen (secondary N) is 1. The van der Waals surface area contributed by atoms with E-state index in [2.05, 4.69) is 10.1 Å². The third kappa shape index (κ3) is 6.64. The minimum absolute atomic E-state index is 0.256. The average molecular weight is 359 g/mol. The minimum Gasteiger partial charge on any atom is -0.481 e. The summed E-state index contributed by atoms with van der Waals surface area (Å²) in [5.41, 5.74) is 0.411. The van der Waals surface area contributed by atoms with Crippen LogP contribution in [0.1, 0.15) is 50.1 Å². The molecule has 138 valence electrons. The Balaban J connectivity index is 1.97. The fraction of sp³-hybridized carbons (Fsp3) is 0.529. The SMILES string of the molecule is O=C(O)CC(NC(=O)CCC1CCC1)c1ccc(OC(F)(F)F)cc1. The van der Waals surface area contributed by atoms with Crippen LogP contribution < -0.4 is 10.1 Å². The first kappa shape index (κ1) is 19.1. The van der Waals surface area contributed by atoms with Gasteiger partial charge in [-0.1, -0.05) is 31.4 Å². The van der Waals surface area contributed by atoms with E-state index in [0.717, 1.165) is 31.4 Å². The normalized spacial score (nSPS) is 16.0. The number of hydrogen-bond acceptors (Lipinski definition) is 3. The number of carboxylic acid groups (broad SMARTS) is 1. The summed E-state index contributed by atoms with van der Waals surface area (Å²) in [6, 6.07) is 4.03. The Bertz CT molecular complexity index is 597. The van der Waals surface area contributed by atoms with Gasteiger partial charge in [-0.25, -0.2) is 0 Å². The van der Waals surface area contributed by atoms with Gasteiger partial charge in [-0.2, -0.15) is 0 Å². The molecule has 2 N–H and O–H groups in total. The number of amides is 1. The second-order valence-corrected chi connectivity index (χ2v) is 6.17. The van der Waals surface area contributed by atoms with E-state index in [0.29, 0.717) is 17.9 Å². The summed E-state index contributed by atoms with van der Waals surface area (Å²) < 4.78 is 40.3. The summed E-state index contributed by atoms with van der Waals surface area (Å²) in [6.45, 7) is 0. The van der Waals surface area contributed by atoms with Crippen molar-refractivity contribution in [2.45, 2.75) is 50.9 Å². The number of aliphatic carboxylic acids is 1. The molecule has 1 atom stereocenters. The van der Waals surface area contributed by atoms with Crippen LogP contribution in [-0.4, -0.2) is 23.3 Å². The molecule has 1 aromatic carbocycles. The first-order chi connectivity index (χ1) is 11.7. The first-order valence-electron chi connectivity index (χ1n) is 8.10. The van der Waals surface area contributed by atoms with E-state index < -0.39 is 24.1 Å². The Kier molecular flexibility index (Phi) is 6.27. The van der Waals surface area contributed by atoms with Crippen molar-refractivity contribution in [3.8, 4) is 5.75 Å². The summed E-state index contributed by atoms with van der Waals surface area (Å²) in [4.78, 5) is 23.0. The van der Waals surface area contributed by atoms with Crippen molar-refractivity contribution in [2.24, 2.45) is 5.92 Å². The maximum Gasteiger partial charge on any atom is 0.573 e. The number of halogens is 3. The van der Waals surface area contributed by atoms with Crippen molar-refractivity contribution in [1.82, 2.24) is 5.32 Å². The zero-order valence-corrected chi connectivity index (χ0v) is 13.5. The highest BCUT2D eigenvalue weighted by atomic mass is 19.4. The summed E-state index contributed by atoms with van der Waals surface area (Å²) in [5.74, 6) is -1.21. The van der Waals surface area contributed by atoms with Crippen molar-refractivity contribution in [1.29, 1.82) is 0 Å². The molecular weight excluding hydrogens is 339 g/mol. The van der Waals surface area contributed by atoms with Gasteiger partial charge < -0.3 is 15.2 Å². The molecule has 1 aliphatic rings. The Labute approximate surface area is 143 Å². The lowest BCUT2D eigenvalue weighted by atomic mass is 9.82. The number of hydrogen-bond donors (Lipinski definition) is 2. The molecule has 8 heteroatoms. The predicted molar refractivity (Wildman–Crippen MR) is 82.8 cm³/mol. The van der Waals surface area contributed by atoms with E-state index in [1.54, 1.807) is 0 Å². The Morgan fingerprint density at radius 3 is 2.36 bits per heavy atom. The van der Waals surface area contributed by atoms with Crippen LogP contribution in [0.25, 0.3) is 0 Å². The minimum atomic E-state index is -4.79. The molecule has 1 fully saturated rings. The van der Waals surface area contributed by atoms with Gasteiger partial charge in [-0.3, -0.25) is 9.59 Å². The topological polar surface area (TPSA) is 75.6 Å². The number of alkyl halides is 3. The summed E-state index contributed by atoms with van der Waals surface area (Å²) in [7, 11) is 0. The van der Waals surface area contributed by atoms with E-state index in [1.165, 1.54) is 18.6 Å². The smallest absolute Gasteiger partial charge is 0.481 e. The van der Waals surface area contributed by atoms with Gasteiger partial charge in [0.15, 0.2) is 0 Å². The summed E-state index contributed by atoms with van der Waals surface area (Å²) in [5, 5.41) is 11.7. The van der Waals surface area contributed by atoms with Gasteiger partial charge in [0.25, 0.3) is 0 Å². The molecule has 25 heavy (non-hydrogen) atoms. The second-order valence-electron chi connectivity index (χ2n) is 6.17. The van der Waals surface area contributed by atoms with Crippen LogP contribution in [-0.2, 0) is 9.59 Å². The van der Waals surface area contributed by atoms with Crippen molar-refractivity contribution >= 4 is 11.9 Å². The van der Waals surface area contributed by atoms with Gasteiger partial charge in [0.1, 0.15) is 5.75 Å². The molecule has 1 unspecified atom stereocenters. The second kappa shape index (κ2) is 8.22. The maximum atomic E-state index is 12.2. The van der Waals surface area contributed by atoms with Crippen LogP contribution in [0.2, 0.25) is 0 Å². The van der Waals surface area contributed by atoms with Crippen LogP contribution in [0.4, 0.5) is 13.2 Å². The first-order valence-corrected chi connectivity index (χ1v) is 8.10. The molecule has 0 bridgehead atoms. The van der Waals surface area contributed by atoms with Gasteiger partial charge >= 0.3 is 12.3 Å².